The van der Waals surface area contributed by atoms with Gasteiger partial charge in [0.15, 0.2) is 0 Å². The molecule has 2 aromatic rings. The number of aryl methyl sites for hydroxylation is 1. The van der Waals surface area contributed by atoms with Gasteiger partial charge in [0.2, 0.25) is 0 Å². The quantitative estimate of drug-likeness (QED) is 0.619. The second-order valence-corrected chi connectivity index (χ2v) is 2.48. The fourth-order valence-corrected chi connectivity index (χ4v) is 1.21. The van der Waals surface area contributed by atoms with E-state index in [4.69, 9.17) is 4.42 Å². The van der Waals surface area contributed by atoms with Gasteiger partial charge in [0.05, 0.1) is 6.26 Å². The summed E-state index contributed by atoms with van der Waals surface area (Å²) in [6, 6.07) is 1.96. The zero-order valence-electron chi connectivity index (χ0n) is 6.37. The van der Waals surface area contributed by atoms with Crippen molar-refractivity contribution in [2.24, 2.45) is 0 Å². The molecule has 0 atom stereocenters. The van der Waals surface area contributed by atoms with Crippen LogP contribution in [-0.2, 0) is 6.42 Å². The van der Waals surface area contributed by atoms with Gasteiger partial charge in [0, 0.05) is 29.6 Å². The molecule has 2 nitrogen and oxygen atoms in total. The third kappa shape index (κ3) is 0.909. The summed E-state index contributed by atoms with van der Waals surface area (Å²) < 4.78 is 5.32. The summed E-state index contributed by atoms with van der Waals surface area (Å²) in [4.78, 5) is 4.03. The Morgan fingerprint density at radius 2 is 2.45 bits per heavy atom. The molecule has 0 N–H and O–H groups in total. The number of rotatable bonds is 1. The van der Waals surface area contributed by atoms with Crippen LogP contribution < -0.4 is 0 Å². The van der Waals surface area contributed by atoms with Gasteiger partial charge in [-0.3, -0.25) is 4.98 Å². The van der Waals surface area contributed by atoms with Crippen LogP contribution in [0.3, 0.4) is 0 Å². The maximum atomic E-state index is 5.32. The van der Waals surface area contributed by atoms with Crippen LogP contribution >= 0.6 is 0 Å². The van der Waals surface area contributed by atoms with Crippen LogP contribution in [0.5, 0.6) is 0 Å². The average molecular weight is 147 g/mol. The number of pyridine rings is 1. The Kier molecular flexibility index (Phi) is 1.39. The monoisotopic (exact) mass is 147 g/mol. The van der Waals surface area contributed by atoms with E-state index >= 15 is 0 Å². The minimum Gasteiger partial charge on any atom is -0.468 e. The van der Waals surface area contributed by atoms with Gasteiger partial charge in [-0.15, -0.1) is 0 Å². The molecule has 11 heavy (non-hydrogen) atoms. The zero-order valence-corrected chi connectivity index (χ0v) is 6.37. The molecule has 0 spiro atoms. The Morgan fingerprint density at radius 3 is 3.27 bits per heavy atom. The molecule has 2 heterocycles. The van der Waals surface area contributed by atoms with Gasteiger partial charge >= 0.3 is 0 Å². The van der Waals surface area contributed by atoms with Crippen molar-refractivity contribution < 1.29 is 4.42 Å². The van der Waals surface area contributed by atoms with Crippen molar-refractivity contribution in [2.45, 2.75) is 13.3 Å². The molecule has 56 valence electrons. The minimum atomic E-state index is 0.926. The molecule has 0 saturated heterocycles. The smallest absolute Gasteiger partial charge is 0.112 e. The second kappa shape index (κ2) is 2.38. The lowest BCUT2D eigenvalue weighted by Gasteiger charge is -1.88. The van der Waals surface area contributed by atoms with Gasteiger partial charge in [-0.1, -0.05) is 6.92 Å². The van der Waals surface area contributed by atoms with Crippen LogP contribution in [0.4, 0.5) is 0 Å². The van der Waals surface area contributed by atoms with Crippen molar-refractivity contribution in [1.29, 1.82) is 0 Å². The molecule has 2 heteroatoms. The molecule has 0 aliphatic rings. The van der Waals surface area contributed by atoms with E-state index in [1.807, 2.05) is 12.3 Å². The van der Waals surface area contributed by atoms with Gasteiger partial charge in [-0.25, -0.2) is 0 Å². The highest BCUT2D eigenvalue weighted by Crippen LogP contribution is 2.19. The summed E-state index contributed by atoms with van der Waals surface area (Å²) in [6.07, 6.45) is 6.32. The normalized spacial score (nSPS) is 10.6. The number of hydrogen-bond donors (Lipinski definition) is 0. The molecule has 0 amide bonds. The molecule has 0 aromatic carbocycles. The number of fused-ring (bicyclic) bond motifs is 1. The van der Waals surface area contributed by atoms with Gasteiger partial charge in [0.1, 0.15) is 5.76 Å². The predicted octanol–water partition coefficient (Wildman–Crippen LogP) is 2.39. The molecule has 0 aliphatic carbocycles. The molecule has 0 unspecified atom stereocenters. The number of hydrogen-bond acceptors (Lipinski definition) is 2. The first-order chi connectivity index (χ1) is 5.42. The summed E-state index contributed by atoms with van der Waals surface area (Å²) in [5.74, 6) is 1.02. The van der Waals surface area contributed by atoms with Gasteiger partial charge in [-0.05, 0) is 6.07 Å². The van der Waals surface area contributed by atoms with Gasteiger partial charge in [-0.2, -0.15) is 0 Å². The van der Waals surface area contributed by atoms with Crippen LogP contribution in [-0.4, -0.2) is 4.98 Å². The minimum absolute atomic E-state index is 0.926. The summed E-state index contributed by atoms with van der Waals surface area (Å²) >= 11 is 0. The highest BCUT2D eigenvalue weighted by Gasteiger charge is 2.01. The number of nitrogens with zero attached hydrogens (tertiary/aromatic N) is 1. The Balaban J connectivity index is 2.76. The highest BCUT2D eigenvalue weighted by molar-refractivity contribution is 5.82. The van der Waals surface area contributed by atoms with Crippen LogP contribution in [0.1, 0.15) is 12.7 Å². The Hall–Kier alpha value is -1.31. The SMILES string of the molecule is CCc1occ2ccncc12. The highest BCUT2D eigenvalue weighted by atomic mass is 16.3. The Labute approximate surface area is 64.9 Å². The maximum absolute atomic E-state index is 5.32. The summed E-state index contributed by atoms with van der Waals surface area (Å²) in [5, 5.41) is 2.27. The van der Waals surface area contributed by atoms with Crippen molar-refractivity contribution in [3.8, 4) is 0 Å². The van der Waals surface area contributed by atoms with E-state index in [1.54, 1.807) is 12.5 Å². The van der Waals surface area contributed by atoms with Crippen LogP contribution in [0.25, 0.3) is 10.8 Å². The summed E-state index contributed by atoms with van der Waals surface area (Å²) in [5.41, 5.74) is 0. The zero-order chi connectivity index (χ0) is 7.68. The molecule has 0 radical (unpaired) electrons. The lowest BCUT2D eigenvalue weighted by molar-refractivity contribution is 0.521. The first kappa shape index (κ1) is 6.40. The second-order valence-electron chi connectivity index (χ2n) is 2.48. The van der Waals surface area contributed by atoms with Crippen molar-refractivity contribution in [3.63, 3.8) is 0 Å². The number of furan rings is 1. The van der Waals surface area contributed by atoms with E-state index in [0.29, 0.717) is 0 Å². The van der Waals surface area contributed by atoms with E-state index in [0.717, 1.165) is 23.0 Å². The van der Waals surface area contributed by atoms with Crippen molar-refractivity contribution in [2.75, 3.05) is 0 Å². The van der Waals surface area contributed by atoms with Crippen molar-refractivity contribution >= 4 is 10.8 Å². The predicted molar refractivity (Wildman–Crippen MR) is 43.4 cm³/mol. The standard InChI is InChI=1S/C9H9NO/c1-2-9-8-5-10-4-3-7(8)6-11-9/h3-6H,2H2,1H3. The lowest BCUT2D eigenvalue weighted by atomic mass is 10.2. The first-order valence-corrected chi connectivity index (χ1v) is 3.72. The Morgan fingerprint density at radius 1 is 1.55 bits per heavy atom. The van der Waals surface area contributed by atoms with E-state index in [1.165, 1.54) is 0 Å². The van der Waals surface area contributed by atoms with Crippen LogP contribution in [0, 0.1) is 0 Å². The first-order valence-electron chi connectivity index (χ1n) is 3.72. The molecule has 0 bridgehead atoms. The summed E-state index contributed by atoms with van der Waals surface area (Å²) in [6.45, 7) is 2.07. The largest absolute Gasteiger partial charge is 0.468 e. The average Bonchev–Trinajstić information content (AvgIpc) is 2.47. The Bertz CT molecular complexity index is 364. The third-order valence-corrected chi connectivity index (χ3v) is 1.80. The van der Waals surface area contributed by atoms with Crippen molar-refractivity contribution in [3.05, 3.63) is 30.5 Å². The van der Waals surface area contributed by atoms with Gasteiger partial charge < -0.3 is 4.42 Å². The molecule has 0 aliphatic heterocycles. The van der Waals surface area contributed by atoms with Crippen LogP contribution in [0.2, 0.25) is 0 Å². The molecular weight excluding hydrogens is 138 g/mol. The molecule has 0 fully saturated rings. The topological polar surface area (TPSA) is 26.0 Å². The van der Waals surface area contributed by atoms with E-state index in [9.17, 15) is 0 Å². The molecular formula is C9H9NO. The summed E-state index contributed by atoms with van der Waals surface area (Å²) in [7, 11) is 0. The lowest BCUT2D eigenvalue weighted by Crippen LogP contribution is -1.75. The molecule has 2 aromatic heterocycles. The van der Waals surface area contributed by atoms with Gasteiger partial charge in [0.25, 0.3) is 0 Å². The fourth-order valence-electron chi connectivity index (χ4n) is 1.21. The number of aromatic nitrogens is 1. The third-order valence-electron chi connectivity index (χ3n) is 1.80. The van der Waals surface area contributed by atoms with E-state index in [2.05, 4.69) is 11.9 Å². The van der Waals surface area contributed by atoms with E-state index < -0.39 is 0 Å². The molecule has 2 rings (SSSR count). The van der Waals surface area contributed by atoms with E-state index in [-0.39, 0.29) is 0 Å². The molecule has 0 saturated carbocycles. The fraction of sp³-hybridized carbons (Fsp3) is 0.222. The van der Waals surface area contributed by atoms with Crippen molar-refractivity contribution in [1.82, 2.24) is 4.98 Å². The maximum Gasteiger partial charge on any atom is 0.112 e. The van der Waals surface area contributed by atoms with Crippen LogP contribution in [0.15, 0.2) is 29.1 Å².